The standard InChI is InChI=1S/C7H15NO2.C6H14N2O2.C5H11NO2S/c1-5(2)3-4-6(8)7(9)10;7-4-2-1-3-5(8)6(9)10;1-9-3-2-4(6)5(7)8/h5-6H,3-4,8H2,1-2H3,(H,9,10);5H,1-4,7-8H2,(H,9,10);4H,2-3,6H2,1H3,(H,7,8)/t6-;5-;4-/m000/s1. The van der Waals surface area contributed by atoms with E-state index in [1.54, 1.807) is 11.8 Å². The Morgan fingerprint density at radius 3 is 1.52 bits per heavy atom. The maximum Gasteiger partial charge on any atom is 0.320 e. The van der Waals surface area contributed by atoms with E-state index in [1.165, 1.54) is 0 Å². The average molecular weight is 441 g/mol. The van der Waals surface area contributed by atoms with E-state index in [9.17, 15) is 14.4 Å². The van der Waals surface area contributed by atoms with Crippen molar-refractivity contribution in [2.24, 2.45) is 28.9 Å². The van der Waals surface area contributed by atoms with Crippen LogP contribution in [0.15, 0.2) is 0 Å². The van der Waals surface area contributed by atoms with Gasteiger partial charge in [0, 0.05) is 0 Å². The van der Waals surface area contributed by atoms with Crippen molar-refractivity contribution in [3.63, 3.8) is 0 Å². The second kappa shape index (κ2) is 21.3. The van der Waals surface area contributed by atoms with Gasteiger partial charge < -0.3 is 38.3 Å². The Bertz CT molecular complexity index is 441. The Kier molecular flexibility index (Phi) is 23.7. The number of aliphatic carboxylic acids is 3. The molecule has 0 radical (unpaired) electrons. The van der Waals surface area contributed by atoms with Crippen LogP contribution >= 0.6 is 11.8 Å². The van der Waals surface area contributed by atoms with Crippen LogP contribution in [0.4, 0.5) is 0 Å². The van der Waals surface area contributed by atoms with E-state index < -0.39 is 36.0 Å². The number of hydrogen-bond acceptors (Lipinski definition) is 8. The molecule has 0 heterocycles. The summed E-state index contributed by atoms with van der Waals surface area (Å²) in [5.41, 5.74) is 20.9. The third kappa shape index (κ3) is 26.6. The maximum absolute atomic E-state index is 10.2. The minimum Gasteiger partial charge on any atom is -0.480 e. The highest BCUT2D eigenvalue weighted by Gasteiger charge is 2.11. The van der Waals surface area contributed by atoms with E-state index in [-0.39, 0.29) is 0 Å². The minimum atomic E-state index is -0.933. The molecule has 0 amide bonds. The molecule has 0 aromatic heterocycles. The van der Waals surface area contributed by atoms with Gasteiger partial charge in [-0.2, -0.15) is 11.8 Å². The first kappa shape index (κ1) is 32.3. The molecule has 0 fully saturated rings. The van der Waals surface area contributed by atoms with Crippen molar-refractivity contribution in [2.45, 2.75) is 70.5 Å². The van der Waals surface area contributed by atoms with Gasteiger partial charge in [0.1, 0.15) is 18.1 Å². The average Bonchev–Trinajstić information content (AvgIpc) is 2.64. The highest BCUT2D eigenvalue weighted by Crippen LogP contribution is 2.05. The van der Waals surface area contributed by atoms with Crippen LogP contribution in [0.1, 0.15) is 52.4 Å². The van der Waals surface area contributed by atoms with Crippen LogP contribution in [-0.4, -0.2) is 69.9 Å². The number of carbonyl (C=O) groups is 3. The molecule has 3 atom stereocenters. The van der Waals surface area contributed by atoms with Crippen molar-refractivity contribution in [3.05, 3.63) is 0 Å². The molecule has 0 aliphatic rings. The maximum atomic E-state index is 10.2. The lowest BCUT2D eigenvalue weighted by molar-refractivity contribution is -0.139. The second-order valence-corrected chi connectivity index (χ2v) is 7.86. The lowest BCUT2D eigenvalue weighted by Gasteiger charge is -2.07. The Hall–Kier alpha value is -1.40. The van der Waals surface area contributed by atoms with Crippen molar-refractivity contribution in [1.82, 2.24) is 0 Å². The van der Waals surface area contributed by atoms with Crippen LogP contribution in [0.5, 0.6) is 0 Å². The Morgan fingerprint density at radius 2 is 1.17 bits per heavy atom. The fraction of sp³-hybridized carbons (Fsp3) is 0.833. The molecule has 0 aromatic carbocycles. The molecule has 0 saturated heterocycles. The van der Waals surface area contributed by atoms with Crippen LogP contribution in [0.25, 0.3) is 0 Å². The molecule has 0 spiro atoms. The van der Waals surface area contributed by atoms with Crippen molar-refractivity contribution < 1.29 is 29.7 Å². The zero-order valence-corrected chi connectivity index (χ0v) is 18.6. The summed E-state index contributed by atoms with van der Waals surface area (Å²) in [4.78, 5) is 30.4. The van der Waals surface area contributed by atoms with E-state index in [2.05, 4.69) is 13.8 Å². The normalized spacial score (nSPS) is 13.2. The van der Waals surface area contributed by atoms with Gasteiger partial charge in [0.2, 0.25) is 0 Å². The number of carboxylic acid groups (broad SMARTS) is 3. The number of hydrogen-bond donors (Lipinski definition) is 7. The Morgan fingerprint density at radius 1 is 0.759 bits per heavy atom. The summed E-state index contributed by atoms with van der Waals surface area (Å²) in [7, 11) is 0. The van der Waals surface area contributed by atoms with Crippen LogP contribution in [-0.2, 0) is 14.4 Å². The lowest BCUT2D eigenvalue weighted by atomic mass is 10.0. The summed E-state index contributed by atoms with van der Waals surface area (Å²) in [6.07, 6.45) is 6.10. The van der Waals surface area contributed by atoms with Gasteiger partial charge in [0.15, 0.2) is 0 Å². The van der Waals surface area contributed by atoms with E-state index in [1.807, 2.05) is 6.26 Å². The first-order valence-corrected chi connectivity index (χ1v) is 10.9. The number of rotatable bonds is 13. The number of thioether (sulfide) groups is 1. The zero-order valence-electron chi connectivity index (χ0n) is 17.8. The first-order chi connectivity index (χ1) is 13.4. The lowest BCUT2D eigenvalue weighted by Crippen LogP contribution is -2.30. The van der Waals surface area contributed by atoms with E-state index in [0.717, 1.165) is 25.0 Å². The summed E-state index contributed by atoms with van der Waals surface area (Å²) in [5.74, 6) is -1.40. The van der Waals surface area contributed by atoms with Gasteiger partial charge in [-0.1, -0.05) is 20.3 Å². The molecular formula is C18H40N4O6S. The Labute approximate surface area is 177 Å². The van der Waals surface area contributed by atoms with Crippen molar-refractivity contribution in [1.29, 1.82) is 0 Å². The topological polar surface area (TPSA) is 216 Å². The van der Waals surface area contributed by atoms with E-state index in [0.29, 0.717) is 31.7 Å². The Balaban J connectivity index is -0.000000350. The van der Waals surface area contributed by atoms with Gasteiger partial charge in [-0.25, -0.2) is 0 Å². The van der Waals surface area contributed by atoms with Crippen LogP contribution in [0, 0.1) is 5.92 Å². The number of carboxylic acids is 3. The molecule has 0 unspecified atom stereocenters. The molecule has 0 bridgehead atoms. The molecule has 0 saturated carbocycles. The summed E-state index contributed by atoms with van der Waals surface area (Å²) in [6, 6.07) is -2.08. The van der Waals surface area contributed by atoms with Crippen LogP contribution in [0.2, 0.25) is 0 Å². The summed E-state index contributed by atoms with van der Waals surface area (Å²) in [5, 5.41) is 25.0. The van der Waals surface area contributed by atoms with Gasteiger partial charge in [0.05, 0.1) is 0 Å². The summed E-state index contributed by atoms with van der Waals surface area (Å²) < 4.78 is 0. The fourth-order valence-electron chi connectivity index (χ4n) is 1.64. The van der Waals surface area contributed by atoms with Crippen LogP contribution < -0.4 is 22.9 Å². The molecule has 11 N–H and O–H groups in total. The van der Waals surface area contributed by atoms with Crippen LogP contribution in [0.3, 0.4) is 0 Å². The fourth-order valence-corrected chi connectivity index (χ4v) is 2.13. The van der Waals surface area contributed by atoms with Crippen molar-refractivity contribution in [3.8, 4) is 0 Å². The summed E-state index contributed by atoms with van der Waals surface area (Å²) >= 11 is 1.60. The molecule has 10 nitrogen and oxygen atoms in total. The van der Waals surface area contributed by atoms with Gasteiger partial charge in [-0.3, -0.25) is 14.4 Å². The highest BCUT2D eigenvalue weighted by atomic mass is 32.2. The molecular weight excluding hydrogens is 400 g/mol. The molecule has 174 valence electrons. The van der Waals surface area contributed by atoms with Gasteiger partial charge in [-0.05, 0) is 56.6 Å². The van der Waals surface area contributed by atoms with Gasteiger partial charge >= 0.3 is 17.9 Å². The molecule has 0 aliphatic heterocycles. The third-order valence-electron chi connectivity index (χ3n) is 3.61. The smallest absolute Gasteiger partial charge is 0.320 e. The predicted molar refractivity (Wildman–Crippen MR) is 117 cm³/mol. The number of nitrogens with two attached hydrogens (primary N) is 4. The molecule has 11 heteroatoms. The van der Waals surface area contributed by atoms with Gasteiger partial charge in [-0.15, -0.1) is 0 Å². The van der Waals surface area contributed by atoms with Crippen molar-refractivity contribution >= 4 is 29.7 Å². The molecule has 0 aromatic rings. The minimum absolute atomic E-state index is 0.520. The molecule has 29 heavy (non-hydrogen) atoms. The number of unbranched alkanes of at least 4 members (excludes halogenated alkanes) is 1. The monoisotopic (exact) mass is 440 g/mol. The van der Waals surface area contributed by atoms with E-state index in [4.69, 9.17) is 38.3 Å². The van der Waals surface area contributed by atoms with Gasteiger partial charge in [0.25, 0.3) is 0 Å². The first-order valence-electron chi connectivity index (χ1n) is 9.54. The predicted octanol–water partition coefficient (Wildman–Crippen LogP) is 0.513. The largest absolute Gasteiger partial charge is 0.480 e. The zero-order chi connectivity index (χ0) is 23.4. The molecule has 0 rings (SSSR count). The summed E-state index contributed by atoms with van der Waals surface area (Å²) in [6.45, 7) is 4.70. The SMILES string of the molecule is CC(C)CC[C@H](N)C(=O)O.CSCC[C@H](N)C(=O)O.NCCCC[C@H](N)C(=O)O. The van der Waals surface area contributed by atoms with Crippen molar-refractivity contribution in [2.75, 3.05) is 18.6 Å². The quantitative estimate of drug-likeness (QED) is 0.196. The molecule has 0 aliphatic carbocycles. The third-order valence-corrected chi connectivity index (χ3v) is 4.25. The van der Waals surface area contributed by atoms with E-state index >= 15 is 0 Å². The second-order valence-electron chi connectivity index (χ2n) is 6.87. The highest BCUT2D eigenvalue weighted by molar-refractivity contribution is 7.98.